The van der Waals surface area contributed by atoms with Crippen molar-refractivity contribution >= 4 is 16.0 Å². The Morgan fingerprint density at radius 2 is 1.93 bits per heavy atom. The average Bonchev–Trinajstić information content (AvgIpc) is 3.29. The summed E-state index contributed by atoms with van der Waals surface area (Å²) in [5, 5.41) is 20.1. The van der Waals surface area contributed by atoms with Gasteiger partial charge in [0.1, 0.15) is 6.10 Å². The van der Waals surface area contributed by atoms with E-state index in [9.17, 15) is 23.4 Å². The predicted octanol–water partition coefficient (Wildman–Crippen LogP) is 1.99. The highest BCUT2D eigenvalue weighted by Crippen LogP contribution is 2.50. The molecular formula is C21H23NO7S. The fourth-order valence-corrected chi connectivity index (χ4v) is 5.19. The normalized spacial score (nSPS) is 21.9. The van der Waals surface area contributed by atoms with Crippen LogP contribution in [0.25, 0.3) is 0 Å². The molecule has 3 atom stereocenters. The summed E-state index contributed by atoms with van der Waals surface area (Å²) in [6.07, 6.45) is 3.02. The minimum atomic E-state index is -4.18. The van der Waals surface area contributed by atoms with Crippen molar-refractivity contribution in [2.75, 3.05) is 5.75 Å². The fraction of sp³-hybridized carbons (Fsp3) is 0.381. The van der Waals surface area contributed by atoms with Gasteiger partial charge in [0, 0.05) is 11.5 Å². The van der Waals surface area contributed by atoms with Gasteiger partial charge in [0.05, 0.1) is 5.75 Å². The lowest BCUT2D eigenvalue weighted by Gasteiger charge is -2.26. The summed E-state index contributed by atoms with van der Waals surface area (Å²) in [5.41, 5.74) is 1.65. The van der Waals surface area contributed by atoms with Gasteiger partial charge < -0.3 is 19.7 Å². The Hall–Kier alpha value is -2.62. The minimum Gasteiger partial charge on any atom is -0.486 e. The lowest BCUT2D eigenvalue weighted by molar-refractivity contribution is -0.197. The summed E-state index contributed by atoms with van der Waals surface area (Å²) in [7, 11) is -4.18. The Morgan fingerprint density at radius 3 is 2.67 bits per heavy atom. The van der Waals surface area contributed by atoms with E-state index >= 15 is 0 Å². The first-order valence-electron chi connectivity index (χ1n) is 9.77. The van der Waals surface area contributed by atoms with E-state index in [2.05, 4.69) is 0 Å². The highest BCUT2D eigenvalue weighted by atomic mass is 32.2. The second kappa shape index (κ2) is 7.90. The van der Waals surface area contributed by atoms with Crippen molar-refractivity contribution < 1.29 is 32.9 Å². The van der Waals surface area contributed by atoms with Crippen LogP contribution in [0.1, 0.15) is 36.3 Å². The van der Waals surface area contributed by atoms with Crippen LogP contribution >= 0.6 is 0 Å². The van der Waals surface area contributed by atoms with E-state index in [0.29, 0.717) is 5.75 Å². The van der Waals surface area contributed by atoms with Gasteiger partial charge in [-0.25, -0.2) is 13.2 Å². The van der Waals surface area contributed by atoms with Crippen molar-refractivity contribution in [1.82, 2.24) is 4.72 Å². The van der Waals surface area contributed by atoms with E-state index in [-0.39, 0.29) is 24.2 Å². The molecular weight excluding hydrogens is 410 g/mol. The molecule has 0 radical (unpaired) electrons. The van der Waals surface area contributed by atoms with E-state index in [1.54, 1.807) is 35.1 Å². The molecule has 3 N–H and O–H groups in total. The fourth-order valence-electron chi connectivity index (χ4n) is 4.03. The van der Waals surface area contributed by atoms with Crippen molar-refractivity contribution in [2.45, 2.75) is 43.6 Å². The molecule has 3 unspecified atom stereocenters. The Kier molecular flexibility index (Phi) is 5.44. The van der Waals surface area contributed by atoms with E-state index in [1.165, 1.54) is 6.07 Å². The summed E-state index contributed by atoms with van der Waals surface area (Å²) < 4.78 is 37.9. The maximum absolute atomic E-state index is 12.5. The summed E-state index contributed by atoms with van der Waals surface area (Å²) in [4.78, 5) is 11.7. The van der Waals surface area contributed by atoms with Crippen LogP contribution in [0.5, 0.6) is 11.5 Å². The third-order valence-corrected chi connectivity index (χ3v) is 6.80. The van der Waals surface area contributed by atoms with Crippen molar-refractivity contribution in [2.24, 2.45) is 0 Å². The summed E-state index contributed by atoms with van der Waals surface area (Å²) >= 11 is 0. The summed E-state index contributed by atoms with van der Waals surface area (Å²) in [6, 6.07) is 13.9. The van der Waals surface area contributed by atoms with Gasteiger partial charge in [-0.3, -0.25) is 0 Å². The first kappa shape index (κ1) is 20.6. The molecule has 0 saturated heterocycles. The number of sulfonamides is 1. The second-order valence-electron chi connectivity index (χ2n) is 7.58. The first-order valence-corrected chi connectivity index (χ1v) is 11.4. The monoisotopic (exact) mass is 433 g/mol. The van der Waals surface area contributed by atoms with Crippen molar-refractivity contribution in [1.29, 1.82) is 0 Å². The topological polar surface area (TPSA) is 122 Å². The average molecular weight is 433 g/mol. The number of aliphatic hydroxyl groups is 1. The van der Waals surface area contributed by atoms with E-state index < -0.39 is 27.7 Å². The number of hydrogen-bond acceptors (Lipinski definition) is 6. The van der Waals surface area contributed by atoms with E-state index in [1.807, 2.05) is 12.1 Å². The molecule has 1 aliphatic heterocycles. The van der Waals surface area contributed by atoms with Crippen molar-refractivity contribution in [3.8, 4) is 11.5 Å². The number of fused-ring (bicyclic) bond motifs is 3. The SMILES string of the molecule is O=C(O)C(O)(NS(=O)(=O)CCc1ccccc1)Oc1cccc2c1OC1CCCC21. The Labute approximate surface area is 174 Å². The molecule has 0 spiro atoms. The third-order valence-electron chi connectivity index (χ3n) is 5.47. The van der Waals surface area contributed by atoms with Gasteiger partial charge in [-0.1, -0.05) is 42.5 Å². The van der Waals surface area contributed by atoms with Crippen LogP contribution in [0.15, 0.2) is 48.5 Å². The Morgan fingerprint density at radius 1 is 1.17 bits per heavy atom. The Balaban J connectivity index is 1.52. The van der Waals surface area contributed by atoms with Gasteiger partial charge in [-0.15, -0.1) is 4.72 Å². The number of hydrogen-bond donors (Lipinski definition) is 3. The van der Waals surface area contributed by atoms with Gasteiger partial charge in [0.25, 0.3) is 0 Å². The zero-order valence-corrected chi connectivity index (χ0v) is 17.0. The van der Waals surface area contributed by atoms with E-state index in [0.717, 1.165) is 30.4 Å². The number of aryl methyl sites for hydroxylation is 1. The molecule has 1 heterocycles. The largest absolute Gasteiger partial charge is 0.486 e. The van der Waals surface area contributed by atoms with Crippen LogP contribution in [0.2, 0.25) is 0 Å². The number of benzene rings is 2. The highest BCUT2D eigenvalue weighted by Gasteiger charge is 2.46. The molecule has 0 bridgehead atoms. The van der Waals surface area contributed by atoms with Crippen LogP contribution in [-0.2, 0) is 21.2 Å². The van der Waals surface area contributed by atoms with Crippen LogP contribution in [-0.4, -0.2) is 42.4 Å². The quantitative estimate of drug-likeness (QED) is 0.544. The number of para-hydroxylation sites is 1. The highest BCUT2D eigenvalue weighted by molar-refractivity contribution is 7.89. The summed E-state index contributed by atoms with van der Waals surface area (Å²) in [5.74, 6) is -4.91. The van der Waals surface area contributed by atoms with Crippen LogP contribution in [0.4, 0.5) is 0 Å². The molecule has 2 aromatic carbocycles. The zero-order chi connectivity index (χ0) is 21.4. The van der Waals surface area contributed by atoms with Crippen molar-refractivity contribution in [3.05, 3.63) is 59.7 Å². The lowest BCUT2D eigenvalue weighted by Crippen LogP contribution is -2.59. The van der Waals surface area contributed by atoms with Gasteiger partial charge in [-0.2, -0.15) is 0 Å². The molecule has 2 aromatic rings. The molecule has 1 aliphatic carbocycles. The minimum absolute atomic E-state index is 0.00904. The van der Waals surface area contributed by atoms with Gasteiger partial charge in [0.15, 0.2) is 11.5 Å². The maximum Gasteiger partial charge on any atom is 0.395 e. The van der Waals surface area contributed by atoms with Crippen LogP contribution < -0.4 is 14.2 Å². The molecule has 1 fully saturated rings. The number of carboxylic acid groups (broad SMARTS) is 1. The number of carboxylic acids is 1. The number of nitrogens with one attached hydrogen (secondary N) is 1. The van der Waals surface area contributed by atoms with Gasteiger partial charge in [-0.05, 0) is 37.3 Å². The second-order valence-corrected chi connectivity index (χ2v) is 9.42. The smallest absolute Gasteiger partial charge is 0.395 e. The molecule has 0 amide bonds. The maximum atomic E-state index is 12.5. The summed E-state index contributed by atoms with van der Waals surface area (Å²) in [6.45, 7) is 0. The predicted molar refractivity (Wildman–Crippen MR) is 108 cm³/mol. The van der Waals surface area contributed by atoms with Crippen LogP contribution in [0, 0.1) is 0 Å². The first-order chi connectivity index (χ1) is 14.3. The van der Waals surface area contributed by atoms with Gasteiger partial charge in [0.2, 0.25) is 10.0 Å². The number of aliphatic carboxylic acids is 1. The molecule has 9 heteroatoms. The lowest BCUT2D eigenvalue weighted by atomic mass is 9.97. The molecule has 1 saturated carbocycles. The molecule has 160 valence electrons. The van der Waals surface area contributed by atoms with Crippen molar-refractivity contribution in [3.63, 3.8) is 0 Å². The number of ether oxygens (including phenoxy) is 2. The number of rotatable bonds is 8. The molecule has 4 rings (SSSR count). The van der Waals surface area contributed by atoms with E-state index in [4.69, 9.17) is 9.47 Å². The third kappa shape index (κ3) is 4.14. The molecule has 8 nitrogen and oxygen atoms in total. The molecule has 2 aliphatic rings. The molecule has 0 aromatic heterocycles. The van der Waals surface area contributed by atoms with Gasteiger partial charge >= 0.3 is 11.9 Å². The standard InChI is InChI=1S/C21H23NO7S/c23-20(24)21(25,22-30(26,27)13-12-14-6-2-1-3-7-14)29-18-11-5-9-16-15-8-4-10-17(15)28-19(16)18/h1-3,5-7,9,11,15,17,22,25H,4,8,10,12-13H2,(H,23,24). The van der Waals surface area contributed by atoms with Crippen LogP contribution in [0.3, 0.4) is 0 Å². The molecule has 30 heavy (non-hydrogen) atoms. The number of carbonyl (C=O) groups is 1. The Bertz CT molecular complexity index is 1040. The zero-order valence-electron chi connectivity index (χ0n) is 16.2.